The van der Waals surface area contributed by atoms with Gasteiger partial charge in [0.15, 0.2) is 0 Å². The van der Waals surface area contributed by atoms with Crippen molar-refractivity contribution in [2.24, 2.45) is 10.2 Å². The summed E-state index contributed by atoms with van der Waals surface area (Å²) in [5.41, 5.74) is 3.77. The zero-order valence-corrected chi connectivity index (χ0v) is 16.7. The van der Waals surface area contributed by atoms with E-state index in [1.807, 2.05) is 11.9 Å². The molecule has 0 saturated carbocycles. The molecular formula is C17H27N5O4S. The molecule has 2 unspecified atom stereocenters. The van der Waals surface area contributed by atoms with E-state index < -0.39 is 16.3 Å². The van der Waals surface area contributed by atoms with Crippen molar-refractivity contribution in [3.63, 3.8) is 0 Å². The Balaban J connectivity index is 1.68. The maximum absolute atomic E-state index is 11.6. The van der Waals surface area contributed by atoms with Crippen LogP contribution in [0.1, 0.15) is 20.3 Å². The molecule has 1 aromatic rings. The number of hydrogen-bond donors (Lipinski definition) is 2. The lowest BCUT2D eigenvalue weighted by atomic mass is 10.1. The molecule has 0 bridgehead atoms. The van der Waals surface area contributed by atoms with E-state index in [-0.39, 0.29) is 10.9 Å². The lowest BCUT2D eigenvalue weighted by molar-refractivity contribution is 0.106. The van der Waals surface area contributed by atoms with Gasteiger partial charge in [0.1, 0.15) is 12.4 Å². The first-order valence-electron chi connectivity index (χ1n) is 9.07. The van der Waals surface area contributed by atoms with E-state index in [9.17, 15) is 8.42 Å². The molecule has 2 atom stereocenters. The van der Waals surface area contributed by atoms with Crippen molar-refractivity contribution in [2.45, 2.75) is 37.4 Å². The second-order valence-electron chi connectivity index (χ2n) is 6.61. The van der Waals surface area contributed by atoms with Crippen molar-refractivity contribution in [3.8, 4) is 5.75 Å². The lowest BCUT2D eigenvalue weighted by Crippen LogP contribution is -2.57. The first kappa shape index (κ1) is 19.7. The summed E-state index contributed by atoms with van der Waals surface area (Å²) < 4.78 is 34.9. The third-order valence-corrected chi connectivity index (χ3v) is 5.92. The molecule has 1 aromatic carbocycles. The lowest BCUT2D eigenvalue weighted by Gasteiger charge is -2.42. The van der Waals surface area contributed by atoms with Gasteiger partial charge in [0.25, 0.3) is 0 Å². The van der Waals surface area contributed by atoms with Gasteiger partial charge in [-0.1, -0.05) is 13.8 Å². The summed E-state index contributed by atoms with van der Waals surface area (Å²) in [6, 6.07) is 4.62. The number of hydrogen-bond acceptors (Lipinski definition) is 8. The average molecular weight is 398 g/mol. The third kappa shape index (κ3) is 4.28. The predicted molar refractivity (Wildman–Crippen MR) is 103 cm³/mol. The van der Waals surface area contributed by atoms with Gasteiger partial charge < -0.3 is 19.3 Å². The number of ether oxygens (including phenoxy) is 2. The molecule has 150 valence electrons. The number of nitrogens with one attached hydrogen (secondary N) is 1. The van der Waals surface area contributed by atoms with Crippen LogP contribution in [-0.4, -0.2) is 64.8 Å². The van der Waals surface area contributed by atoms with Crippen molar-refractivity contribution >= 4 is 21.6 Å². The summed E-state index contributed by atoms with van der Waals surface area (Å²) >= 11 is 0. The minimum Gasteiger partial charge on any atom is -0.478 e. The van der Waals surface area contributed by atoms with Crippen LogP contribution in [0.2, 0.25) is 0 Å². The maximum Gasteiger partial charge on any atom is 0.238 e. The summed E-state index contributed by atoms with van der Waals surface area (Å²) in [6.07, 6.45) is 0.205. The van der Waals surface area contributed by atoms with Crippen molar-refractivity contribution in [3.05, 3.63) is 18.2 Å². The van der Waals surface area contributed by atoms with E-state index in [1.54, 1.807) is 6.07 Å². The number of nitrogens with zero attached hydrogens (tertiary/aromatic N) is 3. The van der Waals surface area contributed by atoms with E-state index in [2.05, 4.69) is 29.3 Å². The Morgan fingerprint density at radius 2 is 2.15 bits per heavy atom. The largest absolute Gasteiger partial charge is 0.478 e. The Labute approximate surface area is 160 Å². The van der Waals surface area contributed by atoms with E-state index >= 15 is 0 Å². The van der Waals surface area contributed by atoms with E-state index in [1.165, 1.54) is 12.1 Å². The highest BCUT2D eigenvalue weighted by atomic mass is 32.2. The molecule has 0 amide bonds. The Morgan fingerprint density at radius 3 is 2.81 bits per heavy atom. The molecule has 10 heteroatoms. The maximum atomic E-state index is 11.6. The van der Waals surface area contributed by atoms with E-state index in [4.69, 9.17) is 14.6 Å². The van der Waals surface area contributed by atoms with Gasteiger partial charge in [-0.2, -0.15) is 0 Å². The van der Waals surface area contributed by atoms with Crippen LogP contribution >= 0.6 is 0 Å². The monoisotopic (exact) mass is 397 g/mol. The molecule has 0 saturated heterocycles. The van der Waals surface area contributed by atoms with E-state index in [0.717, 1.165) is 25.3 Å². The molecule has 27 heavy (non-hydrogen) atoms. The molecule has 3 rings (SSSR count). The summed E-state index contributed by atoms with van der Waals surface area (Å²) in [4.78, 5) is 4.36. The molecular weight excluding hydrogens is 370 g/mol. The normalized spacial score (nSPS) is 21.7. The molecule has 0 aliphatic carbocycles. The molecule has 2 aliphatic rings. The number of primary sulfonamides is 1. The smallest absolute Gasteiger partial charge is 0.238 e. The number of nitrogens with two attached hydrogens (primary N) is 1. The topological polar surface area (TPSA) is 109 Å². The third-order valence-electron chi connectivity index (χ3n) is 5.01. The van der Waals surface area contributed by atoms with Gasteiger partial charge in [-0.25, -0.2) is 13.6 Å². The molecule has 0 radical (unpaired) electrons. The van der Waals surface area contributed by atoms with Crippen LogP contribution in [0.15, 0.2) is 28.2 Å². The number of anilines is 1. The first-order valence-corrected chi connectivity index (χ1v) is 10.6. The fourth-order valence-electron chi connectivity index (χ4n) is 3.29. The number of rotatable bonds is 6. The van der Waals surface area contributed by atoms with Gasteiger partial charge in [-0.15, -0.1) is 5.10 Å². The summed E-state index contributed by atoms with van der Waals surface area (Å²) in [6.45, 7) is 7.66. The molecule has 9 nitrogen and oxygen atoms in total. The van der Waals surface area contributed by atoms with Crippen molar-refractivity contribution in [1.82, 2.24) is 10.3 Å². The van der Waals surface area contributed by atoms with Crippen LogP contribution in [0.5, 0.6) is 5.75 Å². The number of benzene rings is 1. The second kappa shape index (κ2) is 7.91. The van der Waals surface area contributed by atoms with Gasteiger partial charge in [0.05, 0.1) is 23.0 Å². The molecule has 0 aromatic heterocycles. The Kier molecular flexibility index (Phi) is 5.78. The van der Waals surface area contributed by atoms with Gasteiger partial charge in [-0.05, 0) is 25.2 Å². The average Bonchev–Trinajstić information content (AvgIpc) is 2.64. The predicted octanol–water partition coefficient (Wildman–Crippen LogP) is 0.523. The van der Waals surface area contributed by atoms with Gasteiger partial charge >= 0.3 is 0 Å². The van der Waals surface area contributed by atoms with Crippen molar-refractivity contribution in [2.75, 3.05) is 38.2 Å². The quantitative estimate of drug-likeness (QED) is 0.720. The van der Waals surface area contributed by atoms with Crippen LogP contribution in [0, 0.1) is 0 Å². The number of hydrazone groups is 1. The fraction of sp³-hybridized carbons (Fsp3) is 0.588. The standard InChI is InChI=1S/C17H27N5O4S/c1-4-22(5-2)8-9-25-16-11-14-17(20-19-16)26-15-10-12(27(18,23)24)6-7-13(15)21(14)3/h6-7,10,14,17,20H,4-5,8-9,11H2,1-3H3,(H2,18,23,24). The van der Waals surface area contributed by atoms with Crippen LogP contribution in [-0.2, 0) is 14.8 Å². The van der Waals surface area contributed by atoms with Crippen LogP contribution < -0.4 is 20.2 Å². The van der Waals surface area contributed by atoms with E-state index in [0.29, 0.717) is 24.7 Å². The summed E-state index contributed by atoms with van der Waals surface area (Å²) in [5.74, 6) is 1.10. The van der Waals surface area contributed by atoms with Gasteiger partial charge in [0.2, 0.25) is 22.1 Å². The molecule has 0 spiro atoms. The van der Waals surface area contributed by atoms with Crippen LogP contribution in [0.3, 0.4) is 0 Å². The highest BCUT2D eigenvalue weighted by Gasteiger charge is 2.38. The summed E-state index contributed by atoms with van der Waals surface area (Å²) in [7, 11) is -1.84. The minimum absolute atomic E-state index is 0.0150. The molecule has 0 fully saturated rings. The van der Waals surface area contributed by atoms with Crippen molar-refractivity contribution < 1.29 is 17.9 Å². The van der Waals surface area contributed by atoms with Crippen LogP contribution in [0.4, 0.5) is 5.69 Å². The van der Waals surface area contributed by atoms with Crippen molar-refractivity contribution in [1.29, 1.82) is 0 Å². The Morgan fingerprint density at radius 1 is 1.41 bits per heavy atom. The second-order valence-corrected chi connectivity index (χ2v) is 8.17. The molecule has 2 aliphatic heterocycles. The zero-order valence-electron chi connectivity index (χ0n) is 15.9. The highest BCUT2D eigenvalue weighted by molar-refractivity contribution is 7.89. The minimum atomic E-state index is -3.78. The molecule has 2 heterocycles. The number of fused-ring (bicyclic) bond motifs is 2. The first-order chi connectivity index (χ1) is 12.8. The van der Waals surface area contributed by atoms with Crippen LogP contribution in [0.25, 0.3) is 0 Å². The van der Waals surface area contributed by atoms with Gasteiger partial charge in [0, 0.05) is 19.7 Å². The molecule has 3 N–H and O–H groups in total. The Hall–Kier alpha value is -2.04. The Bertz CT molecular complexity index is 810. The number of likely N-dealkylation sites (N-methyl/N-ethyl adjacent to an activating group) is 2. The highest BCUT2D eigenvalue weighted by Crippen LogP contribution is 2.38. The fourth-order valence-corrected chi connectivity index (χ4v) is 3.82. The SMILES string of the molecule is CCN(CC)CCOC1=NNC2Oc3cc(S(N)(=O)=O)ccc3N(C)C2C1. The van der Waals surface area contributed by atoms with Gasteiger partial charge in [-0.3, -0.25) is 5.43 Å². The summed E-state index contributed by atoms with van der Waals surface area (Å²) in [5, 5.41) is 9.48. The zero-order chi connectivity index (χ0) is 19.6. The number of sulfonamides is 1.